The predicted octanol–water partition coefficient (Wildman–Crippen LogP) is 4.37. The minimum absolute atomic E-state index is 0.295. The molecule has 0 fully saturated rings. The molecule has 1 atom stereocenters. The SMILES string of the molecule is Cc1ccccc1C(CCl)c1ccccc1. The highest BCUT2D eigenvalue weighted by atomic mass is 35.5. The van der Waals surface area contributed by atoms with Crippen LogP contribution in [0.3, 0.4) is 0 Å². The molecular weight excluding hydrogens is 216 g/mol. The summed E-state index contributed by atoms with van der Waals surface area (Å²) in [5.74, 6) is 0.915. The third-order valence-corrected chi connectivity index (χ3v) is 3.23. The lowest BCUT2D eigenvalue weighted by Crippen LogP contribution is -2.04. The second-order valence-electron chi connectivity index (χ2n) is 3.97. The van der Waals surface area contributed by atoms with E-state index in [0.717, 1.165) is 0 Å². The van der Waals surface area contributed by atoms with Crippen LogP contribution < -0.4 is 0 Å². The monoisotopic (exact) mass is 230 g/mol. The third-order valence-electron chi connectivity index (χ3n) is 2.92. The van der Waals surface area contributed by atoms with E-state index in [2.05, 4.69) is 55.5 Å². The van der Waals surface area contributed by atoms with Gasteiger partial charge in [-0.3, -0.25) is 0 Å². The van der Waals surface area contributed by atoms with E-state index in [4.69, 9.17) is 11.6 Å². The number of hydrogen-bond acceptors (Lipinski definition) is 0. The van der Waals surface area contributed by atoms with Gasteiger partial charge in [0, 0.05) is 11.8 Å². The summed E-state index contributed by atoms with van der Waals surface area (Å²) in [6.45, 7) is 2.14. The lowest BCUT2D eigenvalue weighted by Gasteiger charge is -2.17. The Hall–Kier alpha value is -1.27. The first-order chi connectivity index (χ1) is 7.83. The van der Waals surface area contributed by atoms with Crippen LogP contribution in [-0.2, 0) is 0 Å². The first-order valence-corrected chi connectivity index (χ1v) is 6.03. The van der Waals surface area contributed by atoms with Gasteiger partial charge < -0.3 is 0 Å². The number of aryl methyl sites for hydroxylation is 1. The van der Waals surface area contributed by atoms with E-state index < -0.39 is 0 Å². The van der Waals surface area contributed by atoms with E-state index in [-0.39, 0.29) is 0 Å². The average Bonchev–Trinajstić information content (AvgIpc) is 2.34. The summed E-state index contributed by atoms with van der Waals surface area (Å²) >= 11 is 6.11. The van der Waals surface area contributed by atoms with Crippen LogP contribution in [0.25, 0.3) is 0 Å². The van der Waals surface area contributed by atoms with Gasteiger partial charge >= 0.3 is 0 Å². The van der Waals surface area contributed by atoms with Crippen LogP contribution in [0.1, 0.15) is 22.6 Å². The molecule has 0 aromatic heterocycles. The highest BCUT2D eigenvalue weighted by Gasteiger charge is 2.13. The Kier molecular flexibility index (Phi) is 3.63. The van der Waals surface area contributed by atoms with Crippen molar-refractivity contribution in [3.63, 3.8) is 0 Å². The van der Waals surface area contributed by atoms with Gasteiger partial charge in [0.05, 0.1) is 0 Å². The third kappa shape index (κ3) is 2.28. The van der Waals surface area contributed by atoms with Crippen molar-refractivity contribution in [1.29, 1.82) is 0 Å². The van der Waals surface area contributed by atoms with Gasteiger partial charge in [-0.1, -0.05) is 54.6 Å². The smallest absolute Gasteiger partial charge is 0.0333 e. The highest BCUT2D eigenvalue weighted by molar-refractivity contribution is 6.18. The number of halogens is 1. The van der Waals surface area contributed by atoms with Crippen LogP contribution in [0.5, 0.6) is 0 Å². The molecule has 0 aliphatic rings. The van der Waals surface area contributed by atoms with Crippen LogP contribution in [0.2, 0.25) is 0 Å². The van der Waals surface area contributed by atoms with Gasteiger partial charge in [0.15, 0.2) is 0 Å². The predicted molar refractivity (Wildman–Crippen MR) is 70.2 cm³/mol. The minimum atomic E-state index is 0.295. The van der Waals surface area contributed by atoms with Crippen molar-refractivity contribution in [2.24, 2.45) is 0 Å². The Morgan fingerprint density at radius 1 is 0.938 bits per heavy atom. The Bertz CT molecular complexity index is 448. The first-order valence-electron chi connectivity index (χ1n) is 5.49. The number of hydrogen-bond donors (Lipinski definition) is 0. The van der Waals surface area contributed by atoms with Gasteiger partial charge in [0.1, 0.15) is 0 Å². The van der Waals surface area contributed by atoms with Crippen LogP contribution in [0, 0.1) is 6.92 Å². The zero-order valence-electron chi connectivity index (χ0n) is 9.36. The zero-order valence-corrected chi connectivity index (χ0v) is 10.1. The molecule has 0 bridgehead atoms. The fraction of sp³-hybridized carbons (Fsp3) is 0.200. The van der Waals surface area contributed by atoms with Gasteiger partial charge in [-0.2, -0.15) is 0 Å². The minimum Gasteiger partial charge on any atom is -0.126 e. The molecule has 0 spiro atoms. The molecule has 0 heterocycles. The maximum Gasteiger partial charge on any atom is 0.0333 e. The van der Waals surface area contributed by atoms with Crippen molar-refractivity contribution in [3.05, 3.63) is 71.3 Å². The average molecular weight is 231 g/mol. The first kappa shape index (κ1) is 11.2. The standard InChI is InChI=1S/C15H15Cl/c1-12-7-5-6-10-14(12)15(11-16)13-8-3-2-4-9-13/h2-10,15H,11H2,1H3. The van der Waals surface area contributed by atoms with Crippen molar-refractivity contribution < 1.29 is 0 Å². The second-order valence-corrected chi connectivity index (χ2v) is 4.28. The molecule has 2 aromatic rings. The lowest BCUT2D eigenvalue weighted by atomic mass is 9.90. The fourth-order valence-electron chi connectivity index (χ4n) is 2.01. The summed E-state index contributed by atoms with van der Waals surface area (Å²) in [6, 6.07) is 18.9. The topological polar surface area (TPSA) is 0 Å². The summed E-state index contributed by atoms with van der Waals surface area (Å²) in [5, 5.41) is 0. The number of rotatable bonds is 3. The maximum atomic E-state index is 6.11. The Morgan fingerprint density at radius 2 is 1.56 bits per heavy atom. The van der Waals surface area contributed by atoms with E-state index in [1.54, 1.807) is 0 Å². The normalized spacial score (nSPS) is 12.4. The van der Waals surface area contributed by atoms with E-state index in [9.17, 15) is 0 Å². The van der Waals surface area contributed by atoms with Crippen LogP contribution in [-0.4, -0.2) is 5.88 Å². The quantitative estimate of drug-likeness (QED) is 0.687. The molecule has 2 rings (SSSR count). The van der Waals surface area contributed by atoms with Crippen LogP contribution >= 0.6 is 11.6 Å². The van der Waals surface area contributed by atoms with E-state index in [1.807, 2.05) is 6.07 Å². The molecule has 0 aliphatic heterocycles. The van der Waals surface area contributed by atoms with Gasteiger partial charge in [0.25, 0.3) is 0 Å². The Balaban J connectivity index is 2.41. The molecule has 1 heteroatoms. The highest BCUT2D eigenvalue weighted by Crippen LogP contribution is 2.27. The van der Waals surface area contributed by atoms with E-state index >= 15 is 0 Å². The second kappa shape index (κ2) is 5.18. The zero-order chi connectivity index (χ0) is 11.4. The van der Waals surface area contributed by atoms with Gasteiger partial charge in [0.2, 0.25) is 0 Å². The number of benzene rings is 2. The number of alkyl halides is 1. The summed E-state index contributed by atoms with van der Waals surface area (Å²) in [5.41, 5.74) is 3.91. The molecule has 82 valence electrons. The molecule has 2 aromatic carbocycles. The Labute approximate surface area is 102 Å². The molecule has 0 aliphatic carbocycles. The molecule has 16 heavy (non-hydrogen) atoms. The van der Waals surface area contributed by atoms with E-state index in [1.165, 1.54) is 16.7 Å². The fourth-order valence-corrected chi connectivity index (χ4v) is 2.36. The summed E-state index contributed by atoms with van der Waals surface area (Å²) in [6.07, 6.45) is 0. The van der Waals surface area contributed by atoms with Crippen molar-refractivity contribution >= 4 is 11.6 Å². The Morgan fingerprint density at radius 3 is 2.19 bits per heavy atom. The molecule has 0 nitrogen and oxygen atoms in total. The lowest BCUT2D eigenvalue weighted by molar-refractivity contribution is 0.918. The van der Waals surface area contributed by atoms with E-state index in [0.29, 0.717) is 11.8 Å². The maximum absolute atomic E-state index is 6.11. The largest absolute Gasteiger partial charge is 0.126 e. The van der Waals surface area contributed by atoms with Crippen molar-refractivity contribution in [2.45, 2.75) is 12.8 Å². The van der Waals surface area contributed by atoms with Crippen molar-refractivity contribution in [2.75, 3.05) is 5.88 Å². The van der Waals surface area contributed by atoms with Crippen LogP contribution in [0.15, 0.2) is 54.6 Å². The molecule has 0 N–H and O–H groups in total. The van der Waals surface area contributed by atoms with Crippen LogP contribution in [0.4, 0.5) is 0 Å². The van der Waals surface area contributed by atoms with Gasteiger partial charge in [-0.25, -0.2) is 0 Å². The summed E-state index contributed by atoms with van der Waals surface area (Å²) < 4.78 is 0. The summed E-state index contributed by atoms with van der Waals surface area (Å²) in [7, 11) is 0. The van der Waals surface area contributed by atoms with Gasteiger partial charge in [-0.15, -0.1) is 11.6 Å². The molecule has 0 amide bonds. The molecule has 0 radical (unpaired) electrons. The molecule has 0 saturated carbocycles. The summed E-state index contributed by atoms with van der Waals surface area (Å²) in [4.78, 5) is 0. The molecule has 1 unspecified atom stereocenters. The van der Waals surface area contributed by atoms with Gasteiger partial charge in [-0.05, 0) is 23.6 Å². The van der Waals surface area contributed by atoms with Crippen molar-refractivity contribution in [3.8, 4) is 0 Å². The molecule has 0 saturated heterocycles. The molecular formula is C15H15Cl. The van der Waals surface area contributed by atoms with Crippen molar-refractivity contribution in [1.82, 2.24) is 0 Å².